The fourth-order valence-corrected chi connectivity index (χ4v) is 3.58. The summed E-state index contributed by atoms with van der Waals surface area (Å²) in [6.45, 7) is 0. The lowest BCUT2D eigenvalue weighted by atomic mass is 10.3. The van der Waals surface area contributed by atoms with Gasteiger partial charge in [0, 0.05) is 17.4 Å². The van der Waals surface area contributed by atoms with Crippen LogP contribution in [0.15, 0.2) is 53.7 Å². The molecule has 0 aliphatic rings. The van der Waals surface area contributed by atoms with Crippen LogP contribution in [0.1, 0.15) is 0 Å². The van der Waals surface area contributed by atoms with Crippen molar-refractivity contribution in [1.82, 2.24) is 9.97 Å². The number of ether oxygens (including phenoxy) is 1. The number of benzene rings is 2. The maximum atomic E-state index is 12.6. The fraction of sp³-hybridized carbons (Fsp3) is 0.0667. The smallest absolute Gasteiger partial charge is 0.265 e. The second-order valence-corrected chi connectivity index (χ2v) is 6.75. The van der Waals surface area contributed by atoms with Crippen LogP contribution >= 0.6 is 11.6 Å². The van der Waals surface area contributed by atoms with E-state index >= 15 is 0 Å². The highest BCUT2D eigenvalue weighted by atomic mass is 35.5. The van der Waals surface area contributed by atoms with Gasteiger partial charge in [-0.15, -0.1) is 0 Å². The summed E-state index contributed by atoms with van der Waals surface area (Å²) in [5.74, 6) is 0.211. The molecule has 0 spiro atoms. The molecule has 0 saturated carbocycles. The van der Waals surface area contributed by atoms with Crippen LogP contribution in [0.3, 0.4) is 0 Å². The number of aromatic nitrogens is 2. The third-order valence-corrected chi connectivity index (χ3v) is 4.77. The molecule has 3 aromatic rings. The van der Waals surface area contributed by atoms with Crippen LogP contribution in [0.5, 0.6) is 5.75 Å². The van der Waals surface area contributed by atoms with Crippen molar-refractivity contribution in [2.75, 3.05) is 11.8 Å². The second kappa shape index (κ2) is 6.02. The maximum Gasteiger partial charge on any atom is 0.265 e. The van der Waals surface area contributed by atoms with Crippen molar-refractivity contribution < 1.29 is 13.2 Å². The lowest BCUT2D eigenvalue weighted by Crippen LogP contribution is -2.14. The molecule has 6 nitrogen and oxygen atoms in total. The summed E-state index contributed by atoms with van der Waals surface area (Å²) < 4.78 is 32.8. The molecule has 118 valence electrons. The summed E-state index contributed by atoms with van der Waals surface area (Å²) in [6.07, 6.45) is 3.11. The summed E-state index contributed by atoms with van der Waals surface area (Å²) >= 11 is 5.89. The van der Waals surface area contributed by atoms with Crippen LogP contribution in [0, 0.1) is 0 Å². The summed E-state index contributed by atoms with van der Waals surface area (Å²) in [4.78, 5) is 8.25. The molecule has 0 atom stereocenters. The predicted octanol–water partition coefficient (Wildman–Crippen LogP) is 3.09. The predicted molar refractivity (Wildman–Crippen MR) is 88.4 cm³/mol. The maximum absolute atomic E-state index is 12.6. The number of nitrogens with zero attached hydrogens (tertiary/aromatic N) is 2. The number of hydrogen-bond acceptors (Lipinski definition) is 5. The van der Waals surface area contributed by atoms with Crippen LogP contribution in [0.25, 0.3) is 11.0 Å². The van der Waals surface area contributed by atoms with E-state index in [0.29, 0.717) is 21.7 Å². The van der Waals surface area contributed by atoms with Crippen molar-refractivity contribution in [3.05, 3.63) is 53.8 Å². The van der Waals surface area contributed by atoms with E-state index in [9.17, 15) is 8.42 Å². The molecule has 0 aliphatic carbocycles. The number of hydrogen-bond donors (Lipinski definition) is 1. The Labute approximate surface area is 138 Å². The van der Waals surface area contributed by atoms with Crippen LogP contribution in [0.2, 0.25) is 5.02 Å². The van der Waals surface area contributed by atoms with Gasteiger partial charge in [-0.05, 0) is 36.4 Å². The molecule has 0 bridgehead atoms. The molecule has 8 heteroatoms. The summed E-state index contributed by atoms with van der Waals surface area (Å²) in [7, 11) is -2.46. The van der Waals surface area contributed by atoms with Gasteiger partial charge in [-0.25, -0.2) is 8.42 Å². The van der Waals surface area contributed by atoms with Gasteiger partial charge in [-0.1, -0.05) is 11.6 Å². The van der Waals surface area contributed by atoms with E-state index in [-0.39, 0.29) is 10.6 Å². The molecule has 1 N–H and O–H groups in total. The number of rotatable bonds is 4. The van der Waals surface area contributed by atoms with Gasteiger partial charge in [-0.2, -0.15) is 0 Å². The van der Waals surface area contributed by atoms with Gasteiger partial charge in [0.2, 0.25) is 0 Å². The number of methoxy groups -OCH3 is 1. The normalized spacial score (nSPS) is 11.4. The van der Waals surface area contributed by atoms with Crippen molar-refractivity contribution in [3.63, 3.8) is 0 Å². The molecular weight excluding hydrogens is 338 g/mol. The number of fused-ring (bicyclic) bond motifs is 1. The molecule has 0 aliphatic heterocycles. The number of sulfonamides is 1. The van der Waals surface area contributed by atoms with Crippen LogP contribution in [0.4, 0.5) is 5.69 Å². The quantitative estimate of drug-likeness (QED) is 0.782. The third-order valence-electron chi connectivity index (χ3n) is 3.14. The van der Waals surface area contributed by atoms with Crippen molar-refractivity contribution in [2.24, 2.45) is 0 Å². The molecule has 0 fully saturated rings. The van der Waals surface area contributed by atoms with Crippen LogP contribution in [-0.4, -0.2) is 25.5 Å². The highest BCUT2D eigenvalue weighted by Crippen LogP contribution is 2.29. The van der Waals surface area contributed by atoms with E-state index in [1.807, 2.05) is 0 Å². The number of anilines is 1. The van der Waals surface area contributed by atoms with Crippen LogP contribution < -0.4 is 9.46 Å². The summed E-state index contributed by atoms with van der Waals surface area (Å²) in [6, 6.07) is 9.31. The average Bonchev–Trinajstić information content (AvgIpc) is 2.54. The minimum atomic E-state index is -3.85. The Kier molecular flexibility index (Phi) is 4.06. The van der Waals surface area contributed by atoms with E-state index in [1.54, 1.807) is 36.7 Å². The molecule has 0 radical (unpaired) electrons. The molecule has 0 unspecified atom stereocenters. The molecular formula is C15H12ClN3O3S. The largest absolute Gasteiger partial charge is 0.495 e. The molecule has 3 rings (SSSR count). The monoisotopic (exact) mass is 349 g/mol. The second-order valence-electron chi connectivity index (χ2n) is 4.66. The zero-order valence-corrected chi connectivity index (χ0v) is 13.6. The fourth-order valence-electron chi connectivity index (χ4n) is 2.10. The van der Waals surface area contributed by atoms with Gasteiger partial charge in [0.25, 0.3) is 10.0 Å². The van der Waals surface area contributed by atoms with Gasteiger partial charge in [-0.3, -0.25) is 14.7 Å². The van der Waals surface area contributed by atoms with E-state index in [1.165, 1.54) is 19.2 Å². The Morgan fingerprint density at radius 1 is 1.04 bits per heavy atom. The minimum Gasteiger partial charge on any atom is -0.495 e. The van der Waals surface area contributed by atoms with E-state index in [4.69, 9.17) is 16.3 Å². The van der Waals surface area contributed by atoms with Crippen molar-refractivity contribution in [3.8, 4) is 5.75 Å². The Balaban J connectivity index is 2.01. The molecule has 23 heavy (non-hydrogen) atoms. The molecule has 1 heterocycles. The van der Waals surface area contributed by atoms with Gasteiger partial charge >= 0.3 is 0 Å². The van der Waals surface area contributed by atoms with E-state index in [2.05, 4.69) is 14.7 Å². The van der Waals surface area contributed by atoms with Gasteiger partial charge in [0.05, 0.1) is 23.8 Å². The molecule has 0 amide bonds. The molecule has 0 saturated heterocycles. The first kappa shape index (κ1) is 15.5. The van der Waals surface area contributed by atoms with E-state index in [0.717, 1.165) is 0 Å². The first-order valence-corrected chi connectivity index (χ1v) is 8.43. The minimum absolute atomic E-state index is 0.0354. The highest BCUT2D eigenvalue weighted by Gasteiger charge is 2.20. The topological polar surface area (TPSA) is 81.2 Å². The SMILES string of the molecule is COc1ccc(Cl)cc1S(=O)(=O)Nc1ccc2nccnc2c1. The molecule has 2 aromatic carbocycles. The zero-order chi connectivity index (χ0) is 16.4. The van der Waals surface area contributed by atoms with Crippen molar-refractivity contribution in [2.45, 2.75) is 4.90 Å². The average molecular weight is 350 g/mol. The zero-order valence-electron chi connectivity index (χ0n) is 12.0. The molecule has 1 aromatic heterocycles. The highest BCUT2D eigenvalue weighted by molar-refractivity contribution is 7.92. The van der Waals surface area contributed by atoms with Gasteiger partial charge in [0.15, 0.2) is 0 Å². The van der Waals surface area contributed by atoms with E-state index < -0.39 is 10.0 Å². The summed E-state index contributed by atoms with van der Waals surface area (Å²) in [5, 5.41) is 0.301. The lowest BCUT2D eigenvalue weighted by molar-refractivity contribution is 0.403. The Bertz CT molecular complexity index is 977. The van der Waals surface area contributed by atoms with Crippen molar-refractivity contribution in [1.29, 1.82) is 0 Å². The van der Waals surface area contributed by atoms with Gasteiger partial charge < -0.3 is 4.74 Å². The lowest BCUT2D eigenvalue weighted by Gasteiger charge is -2.12. The Morgan fingerprint density at radius 2 is 1.78 bits per heavy atom. The first-order valence-electron chi connectivity index (χ1n) is 6.57. The first-order chi connectivity index (χ1) is 11.0. The Morgan fingerprint density at radius 3 is 2.52 bits per heavy atom. The van der Waals surface area contributed by atoms with Crippen LogP contribution in [-0.2, 0) is 10.0 Å². The number of halogens is 1. The summed E-state index contributed by atoms with van der Waals surface area (Å²) in [5.41, 5.74) is 1.64. The third kappa shape index (κ3) is 3.20. The number of nitrogens with one attached hydrogen (secondary N) is 1. The standard InChI is InChI=1S/C15H12ClN3O3S/c1-22-14-5-2-10(16)8-15(14)23(20,21)19-11-3-4-12-13(9-11)18-7-6-17-12/h2-9,19H,1H3. The van der Waals surface area contributed by atoms with Crippen molar-refractivity contribution >= 4 is 38.3 Å². The Hall–Kier alpha value is -2.38. The van der Waals surface area contributed by atoms with Gasteiger partial charge in [0.1, 0.15) is 10.6 Å².